The van der Waals surface area contributed by atoms with Gasteiger partial charge in [-0.15, -0.1) is 0 Å². The molecule has 0 aliphatic heterocycles. The summed E-state index contributed by atoms with van der Waals surface area (Å²) in [6, 6.07) is 0. The highest BCUT2D eigenvalue weighted by atomic mass is 14.0. The zero-order valence-corrected chi connectivity index (χ0v) is 6.17. The zero-order valence-electron chi connectivity index (χ0n) is 6.17. The van der Waals surface area contributed by atoms with Crippen molar-refractivity contribution < 1.29 is 0 Å². The van der Waals surface area contributed by atoms with Crippen LogP contribution in [0.25, 0.3) is 0 Å². The summed E-state index contributed by atoms with van der Waals surface area (Å²) >= 11 is 0. The lowest BCUT2D eigenvalue weighted by atomic mass is 10.0. The highest BCUT2D eigenvalue weighted by Crippen LogP contribution is 2.14. The van der Waals surface area contributed by atoms with Crippen molar-refractivity contribution in [1.82, 2.24) is 0 Å². The molecule has 0 N–H and O–H groups in total. The summed E-state index contributed by atoms with van der Waals surface area (Å²) in [6.45, 7) is 5.76. The Morgan fingerprint density at radius 3 is 2.90 bits per heavy atom. The van der Waals surface area contributed by atoms with Crippen LogP contribution >= 0.6 is 0 Å². The second-order valence-electron chi connectivity index (χ2n) is 2.25. The summed E-state index contributed by atoms with van der Waals surface area (Å²) in [7, 11) is 0. The van der Waals surface area contributed by atoms with Crippen LogP contribution in [-0.2, 0) is 0 Å². The largest absolute Gasteiger partial charge is 0.0988 e. The monoisotopic (exact) mass is 131 g/mol. The van der Waals surface area contributed by atoms with Crippen molar-refractivity contribution in [3.63, 3.8) is 0 Å². The van der Waals surface area contributed by atoms with Crippen LogP contribution in [0.4, 0.5) is 0 Å². The standard InChI is InChI=1S/C10H11/c1-3-9(2)10-7-5-4-6-8-10/h3-8H,1H2,2H3/q+1. The van der Waals surface area contributed by atoms with Gasteiger partial charge in [0.05, 0.1) is 5.57 Å². The van der Waals surface area contributed by atoms with Gasteiger partial charge >= 0.3 is 0 Å². The van der Waals surface area contributed by atoms with Crippen LogP contribution in [0, 0.1) is 6.42 Å². The second-order valence-corrected chi connectivity index (χ2v) is 2.25. The Labute approximate surface area is 62.3 Å². The average Bonchev–Trinajstić information content (AvgIpc) is 2.05. The maximum Gasteiger partial charge on any atom is 0.0988 e. The number of hydrogen-bond acceptors (Lipinski definition) is 0. The minimum Gasteiger partial charge on any atom is -0.0889 e. The lowest BCUT2D eigenvalue weighted by molar-refractivity contribution is 1.39. The van der Waals surface area contributed by atoms with Gasteiger partial charge in [-0.2, -0.15) is 0 Å². The molecule has 1 aliphatic carbocycles. The molecule has 0 spiro atoms. The van der Waals surface area contributed by atoms with E-state index in [1.807, 2.05) is 24.3 Å². The first-order valence-electron chi connectivity index (χ1n) is 3.36. The molecule has 0 heterocycles. The lowest BCUT2D eigenvalue weighted by Crippen LogP contribution is -1.84. The van der Waals surface area contributed by atoms with Crippen LogP contribution in [0.15, 0.2) is 48.1 Å². The third kappa shape index (κ3) is 1.41. The maximum atomic E-state index is 3.70. The van der Waals surface area contributed by atoms with Gasteiger partial charge in [0.25, 0.3) is 0 Å². The summed E-state index contributed by atoms with van der Waals surface area (Å²) in [5, 5.41) is 0. The van der Waals surface area contributed by atoms with Crippen molar-refractivity contribution >= 4 is 0 Å². The third-order valence-electron chi connectivity index (χ3n) is 1.54. The molecule has 1 rings (SSSR count). The molecule has 0 aromatic heterocycles. The predicted molar refractivity (Wildman–Crippen MR) is 45.5 cm³/mol. The molecule has 0 fully saturated rings. The molecule has 0 heteroatoms. The van der Waals surface area contributed by atoms with E-state index in [-0.39, 0.29) is 0 Å². The minimum atomic E-state index is 1.22. The van der Waals surface area contributed by atoms with Gasteiger partial charge in [0.1, 0.15) is 0 Å². The Hall–Kier alpha value is -1.17. The van der Waals surface area contributed by atoms with Crippen LogP contribution in [0.2, 0.25) is 0 Å². The fraction of sp³-hybridized carbons (Fsp3) is 0.100. The van der Waals surface area contributed by atoms with Crippen LogP contribution in [-0.4, -0.2) is 0 Å². The highest BCUT2D eigenvalue weighted by Gasteiger charge is 2.04. The molecule has 0 unspecified atom stereocenters. The van der Waals surface area contributed by atoms with Crippen LogP contribution in [0.5, 0.6) is 0 Å². The molecular weight excluding hydrogens is 120 g/mol. The van der Waals surface area contributed by atoms with E-state index in [0.29, 0.717) is 0 Å². The van der Waals surface area contributed by atoms with Crippen LogP contribution < -0.4 is 0 Å². The van der Waals surface area contributed by atoms with Crippen LogP contribution in [0.3, 0.4) is 0 Å². The Morgan fingerprint density at radius 1 is 1.60 bits per heavy atom. The second kappa shape index (κ2) is 3.11. The molecule has 0 aromatic carbocycles. The lowest BCUT2D eigenvalue weighted by Gasteiger charge is -1.94. The fourth-order valence-corrected chi connectivity index (χ4v) is 0.819. The smallest absolute Gasteiger partial charge is 0.0889 e. The molecule has 0 bridgehead atoms. The summed E-state index contributed by atoms with van der Waals surface area (Å²) in [6.07, 6.45) is 12.1. The molecule has 50 valence electrons. The van der Waals surface area contributed by atoms with Crippen LogP contribution in [0.1, 0.15) is 6.92 Å². The van der Waals surface area contributed by atoms with E-state index in [9.17, 15) is 0 Å². The van der Waals surface area contributed by atoms with Crippen molar-refractivity contribution in [3.05, 3.63) is 54.5 Å². The zero-order chi connectivity index (χ0) is 7.40. The normalized spacial score (nSPS) is 20.1. The number of allylic oxidation sites excluding steroid dienone is 7. The van der Waals surface area contributed by atoms with Gasteiger partial charge in [-0.1, -0.05) is 6.58 Å². The van der Waals surface area contributed by atoms with Gasteiger partial charge < -0.3 is 0 Å². The molecule has 0 aromatic rings. The first-order valence-corrected chi connectivity index (χ1v) is 3.36. The van der Waals surface area contributed by atoms with Gasteiger partial charge in [0.15, 0.2) is 0 Å². The van der Waals surface area contributed by atoms with E-state index in [1.54, 1.807) is 0 Å². The molecule has 10 heavy (non-hydrogen) atoms. The molecule has 0 amide bonds. The van der Waals surface area contributed by atoms with Gasteiger partial charge in [0.2, 0.25) is 0 Å². The minimum absolute atomic E-state index is 1.22. The van der Waals surface area contributed by atoms with E-state index in [0.717, 1.165) is 0 Å². The van der Waals surface area contributed by atoms with Gasteiger partial charge in [-0.3, -0.25) is 0 Å². The van der Waals surface area contributed by atoms with Gasteiger partial charge in [0, 0.05) is 36.3 Å². The Morgan fingerprint density at radius 2 is 2.40 bits per heavy atom. The van der Waals surface area contributed by atoms with Crippen molar-refractivity contribution in [2.45, 2.75) is 6.92 Å². The Kier molecular flexibility index (Phi) is 2.16. The van der Waals surface area contributed by atoms with Crippen molar-refractivity contribution in [2.75, 3.05) is 0 Å². The molecule has 1 aliphatic rings. The third-order valence-corrected chi connectivity index (χ3v) is 1.54. The van der Waals surface area contributed by atoms with Gasteiger partial charge in [-0.25, -0.2) is 0 Å². The van der Waals surface area contributed by atoms with E-state index in [2.05, 4.69) is 26.0 Å². The molecule has 0 saturated heterocycles. The van der Waals surface area contributed by atoms with Crippen molar-refractivity contribution in [1.29, 1.82) is 0 Å². The molecule has 0 atom stereocenters. The topological polar surface area (TPSA) is 0 Å². The predicted octanol–water partition coefficient (Wildman–Crippen LogP) is 2.82. The summed E-state index contributed by atoms with van der Waals surface area (Å²) < 4.78 is 0. The van der Waals surface area contributed by atoms with E-state index < -0.39 is 0 Å². The first kappa shape index (κ1) is 6.94. The first-order chi connectivity index (χ1) is 4.84. The summed E-state index contributed by atoms with van der Waals surface area (Å²) in [4.78, 5) is 0. The quantitative estimate of drug-likeness (QED) is 0.480. The number of hydrogen-bond donors (Lipinski definition) is 0. The van der Waals surface area contributed by atoms with Crippen molar-refractivity contribution in [2.24, 2.45) is 0 Å². The maximum absolute atomic E-state index is 3.70. The Balaban J connectivity index is 2.84. The van der Waals surface area contributed by atoms with E-state index >= 15 is 0 Å². The molecule has 0 nitrogen and oxygen atoms in total. The molecule has 0 saturated carbocycles. The highest BCUT2D eigenvalue weighted by molar-refractivity contribution is 5.44. The molecular formula is C10H11+. The summed E-state index contributed by atoms with van der Waals surface area (Å²) in [5.74, 6) is 0. The molecule has 0 radical (unpaired) electrons. The van der Waals surface area contributed by atoms with Gasteiger partial charge in [-0.05, 0) is 13.0 Å². The van der Waals surface area contributed by atoms with Crippen molar-refractivity contribution in [3.8, 4) is 0 Å². The summed E-state index contributed by atoms with van der Waals surface area (Å²) in [5.41, 5.74) is 2.47. The fourth-order valence-electron chi connectivity index (χ4n) is 0.819. The average molecular weight is 131 g/mol. The van der Waals surface area contributed by atoms with E-state index in [4.69, 9.17) is 0 Å². The SMILES string of the molecule is C=CC(C)=C1C=CC=C[CH+]1. The van der Waals surface area contributed by atoms with E-state index in [1.165, 1.54) is 11.1 Å². The Bertz CT molecular complexity index is 214. The number of rotatable bonds is 1.